The number of ether oxygens (including phenoxy) is 2. The maximum absolute atomic E-state index is 12.4. The van der Waals surface area contributed by atoms with Crippen molar-refractivity contribution in [3.8, 4) is 0 Å². The molecule has 1 saturated carbocycles. The lowest BCUT2D eigenvalue weighted by Crippen LogP contribution is -2.54. The molecule has 0 unspecified atom stereocenters. The lowest BCUT2D eigenvalue weighted by Gasteiger charge is -2.42. The van der Waals surface area contributed by atoms with Crippen LogP contribution in [0.2, 0.25) is 0 Å². The second-order valence-electron chi connectivity index (χ2n) is 6.85. The Morgan fingerprint density at radius 2 is 1.29 bits per heavy atom. The van der Waals surface area contributed by atoms with E-state index < -0.39 is 41.2 Å². The zero-order valence-electron chi connectivity index (χ0n) is 15.0. The van der Waals surface area contributed by atoms with Crippen molar-refractivity contribution >= 4 is 27.9 Å². The minimum absolute atomic E-state index is 0.0252. The first-order valence-corrected chi connectivity index (χ1v) is 9.83. The average Bonchev–Trinajstić information content (AvgIpc) is 2.72. The highest BCUT2D eigenvalue weighted by atomic mass is 79.9. The number of halogens is 1. The number of aliphatic hydroxyl groups is 2. The van der Waals surface area contributed by atoms with Gasteiger partial charge in [0, 0.05) is 12.8 Å². The highest BCUT2D eigenvalue weighted by molar-refractivity contribution is 9.09. The van der Waals surface area contributed by atoms with Gasteiger partial charge in [-0.25, -0.2) is 9.59 Å². The summed E-state index contributed by atoms with van der Waals surface area (Å²) < 4.78 is 11.1. The Kier molecular flexibility index (Phi) is 6.49. The fourth-order valence-corrected chi connectivity index (χ4v) is 3.79. The van der Waals surface area contributed by atoms with Crippen LogP contribution < -0.4 is 0 Å². The minimum atomic E-state index is -1.52. The number of rotatable bonds is 5. The zero-order chi connectivity index (χ0) is 20.1. The lowest BCUT2D eigenvalue weighted by atomic mass is 9.81. The van der Waals surface area contributed by atoms with Crippen molar-refractivity contribution < 1.29 is 29.3 Å². The normalized spacial score (nSPS) is 27.0. The number of carbonyl (C=O) groups is 2. The fourth-order valence-electron chi connectivity index (χ4n) is 3.20. The Morgan fingerprint density at radius 3 is 1.64 bits per heavy atom. The van der Waals surface area contributed by atoms with Gasteiger partial charge in [0.1, 0.15) is 12.2 Å². The molecule has 0 aliphatic heterocycles. The largest absolute Gasteiger partial charge is 0.457 e. The van der Waals surface area contributed by atoms with E-state index in [0.717, 1.165) is 0 Å². The van der Waals surface area contributed by atoms with Gasteiger partial charge in [-0.15, -0.1) is 0 Å². The van der Waals surface area contributed by atoms with Crippen molar-refractivity contribution in [2.45, 2.75) is 35.5 Å². The summed E-state index contributed by atoms with van der Waals surface area (Å²) in [5, 5.41) is 20.3. The molecule has 0 amide bonds. The van der Waals surface area contributed by atoms with Crippen LogP contribution in [0.4, 0.5) is 0 Å². The summed E-state index contributed by atoms with van der Waals surface area (Å²) in [5.74, 6) is -1.10. The Morgan fingerprint density at radius 1 is 0.893 bits per heavy atom. The van der Waals surface area contributed by atoms with Crippen LogP contribution in [0, 0.1) is 0 Å². The van der Waals surface area contributed by atoms with Crippen LogP contribution in [0.3, 0.4) is 0 Å². The highest BCUT2D eigenvalue weighted by Crippen LogP contribution is 2.36. The molecule has 2 aromatic rings. The van der Waals surface area contributed by atoms with Gasteiger partial charge in [0.15, 0.2) is 0 Å². The number of hydrogen-bond donors (Lipinski definition) is 2. The number of hydrogen-bond acceptors (Lipinski definition) is 6. The van der Waals surface area contributed by atoms with E-state index in [1.54, 1.807) is 60.7 Å². The standard InChI is InChI=1S/C21H21BrO6/c22-18-16(27-19(24)14-7-3-1-4-8-14)11-21(26,13-23)12-17(18)28-20(25)15-9-5-2-6-10-15/h1-10,16-18,23,26H,11-13H2/t16-,17-,18?,21?/m1/s1. The molecule has 2 atom stereocenters. The maximum Gasteiger partial charge on any atom is 0.338 e. The van der Waals surface area contributed by atoms with E-state index in [0.29, 0.717) is 11.1 Å². The summed E-state index contributed by atoms with van der Waals surface area (Å²) in [6, 6.07) is 16.9. The van der Waals surface area contributed by atoms with Gasteiger partial charge in [-0.05, 0) is 24.3 Å². The van der Waals surface area contributed by atoms with Crippen molar-refractivity contribution in [3.05, 3.63) is 71.8 Å². The number of aliphatic hydroxyl groups excluding tert-OH is 1. The first-order valence-electron chi connectivity index (χ1n) is 8.91. The van der Waals surface area contributed by atoms with Crippen molar-refractivity contribution in [1.82, 2.24) is 0 Å². The van der Waals surface area contributed by atoms with Crippen LogP contribution in [-0.4, -0.2) is 51.4 Å². The predicted octanol–water partition coefficient (Wildman–Crippen LogP) is 2.72. The summed E-state index contributed by atoms with van der Waals surface area (Å²) in [5.41, 5.74) is -0.774. The van der Waals surface area contributed by atoms with Gasteiger partial charge < -0.3 is 19.7 Å². The van der Waals surface area contributed by atoms with Gasteiger partial charge in [-0.1, -0.05) is 52.3 Å². The van der Waals surface area contributed by atoms with Gasteiger partial charge in [-0.3, -0.25) is 0 Å². The SMILES string of the molecule is O=C(O[C@@H]1CC(O)(CO)C[C@@H](OC(=O)c2ccccc2)C1Br)c1ccccc1. The fraction of sp³-hybridized carbons (Fsp3) is 0.333. The molecule has 28 heavy (non-hydrogen) atoms. The minimum Gasteiger partial charge on any atom is -0.457 e. The lowest BCUT2D eigenvalue weighted by molar-refractivity contribution is -0.114. The molecule has 6 nitrogen and oxygen atoms in total. The van der Waals surface area contributed by atoms with Gasteiger partial charge in [0.25, 0.3) is 0 Å². The molecular weight excluding hydrogens is 428 g/mol. The first-order chi connectivity index (χ1) is 13.4. The van der Waals surface area contributed by atoms with Crippen LogP contribution in [-0.2, 0) is 9.47 Å². The Bertz CT molecular complexity index is 747. The summed E-state index contributed by atoms with van der Waals surface area (Å²) in [6.07, 6.45) is -1.52. The van der Waals surface area contributed by atoms with Crippen LogP contribution in [0.25, 0.3) is 0 Å². The Balaban J connectivity index is 1.75. The van der Waals surface area contributed by atoms with E-state index in [1.165, 1.54) is 0 Å². The molecule has 0 saturated heterocycles. The molecule has 1 fully saturated rings. The van der Waals surface area contributed by atoms with Crippen molar-refractivity contribution in [2.24, 2.45) is 0 Å². The van der Waals surface area contributed by atoms with Gasteiger partial charge in [0.2, 0.25) is 0 Å². The third-order valence-electron chi connectivity index (χ3n) is 4.70. The van der Waals surface area contributed by atoms with Gasteiger partial charge in [0.05, 0.1) is 28.2 Å². The van der Waals surface area contributed by atoms with Crippen LogP contribution in [0.5, 0.6) is 0 Å². The Labute approximate surface area is 171 Å². The molecule has 7 heteroatoms. The molecule has 0 bridgehead atoms. The highest BCUT2D eigenvalue weighted by Gasteiger charge is 2.47. The van der Waals surface area contributed by atoms with E-state index in [1.807, 2.05) is 0 Å². The zero-order valence-corrected chi connectivity index (χ0v) is 16.6. The predicted molar refractivity (Wildman–Crippen MR) is 105 cm³/mol. The maximum atomic E-state index is 12.4. The van der Waals surface area contributed by atoms with E-state index in [-0.39, 0.29) is 12.8 Å². The quantitative estimate of drug-likeness (QED) is 0.539. The number of esters is 2. The van der Waals surface area contributed by atoms with Crippen molar-refractivity contribution in [1.29, 1.82) is 0 Å². The number of benzene rings is 2. The topological polar surface area (TPSA) is 93.1 Å². The smallest absolute Gasteiger partial charge is 0.338 e. The van der Waals surface area contributed by atoms with E-state index in [9.17, 15) is 19.8 Å². The molecule has 0 radical (unpaired) electrons. The molecule has 2 N–H and O–H groups in total. The third kappa shape index (κ3) is 4.79. The van der Waals surface area contributed by atoms with Gasteiger partial charge in [-0.2, -0.15) is 0 Å². The molecule has 0 spiro atoms. The van der Waals surface area contributed by atoms with Crippen LogP contribution in [0.1, 0.15) is 33.6 Å². The Hall–Kier alpha value is -2.22. The number of carbonyl (C=O) groups excluding carboxylic acids is 2. The molecule has 0 aromatic heterocycles. The molecule has 1 aliphatic carbocycles. The summed E-state index contributed by atoms with van der Waals surface area (Å²) in [7, 11) is 0. The van der Waals surface area contributed by atoms with E-state index in [4.69, 9.17) is 9.47 Å². The van der Waals surface area contributed by atoms with Gasteiger partial charge >= 0.3 is 11.9 Å². The molecule has 3 rings (SSSR count). The molecule has 2 aromatic carbocycles. The molecule has 1 aliphatic rings. The molecule has 148 valence electrons. The van der Waals surface area contributed by atoms with Crippen LogP contribution >= 0.6 is 15.9 Å². The first kappa shape index (κ1) is 20.5. The van der Waals surface area contributed by atoms with Crippen molar-refractivity contribution in [3.63, 3.8) is 0 Å². The van der Waals surface area contributed by atoms with Crippen LogP contribution in [0.15, 0.2) is 60.7 Å². The monoisotopic (exact) mass is 448 g/mol. The average molecular weight is 449 g/mol. The molecular formula is C21H21BrO6. The second-order valence-corrected chi connectivity index (χ2v) is 7.91. The number of alkyl halides is 1. The summed E-state index contributed by atoms with van der Waals surface area (Å²) in [4.78, 5) is 24.3. The second kappa shape index (κ2) is 8.86. The molecule has 0 heterocycles. The van der Waals surface area contributed by atoms with E-state index in [2.05, 4.69) is 15.9 Å². The van der Waals surface area contributed by atoms with Crippen molar-refractivity contribution in [2.75, 3.05) is 6.61 Å². The van der Waals surface area contributed by atoms with E-state index >= 15 is 0 Å². The summed E-state index contributed by atoms with van der Waals surface area (Å²) in [6.45, 7) is -0.536. The summed E-state index contributed by atoms with van der Waals surface area (Å²) >= 11 is 3.46. The third-order valence-corrected chi connectivity index (χ3v) is 5.88.